The number of likely N-dealkylation sites (tertiary alicyclic amines) is 1. The van der Waals surface area contributed by atoms with E-state index in [-0.39, 0.29) is 4.90 Å². The fourth-order valence-electron chi connectivity index (χ4n) is 2.49. The van der Waals surface area contributed by atoms with Gasteiger partial charge < -0.3 is 10.6 Å². The lowest BCUT2D eigenvalue weighted by Gasteiger charge is -2.29. The Balaban J connectivity index is 1.92. The largest absolute Gasteiger partial charge is 0.329 e. The van der Waals surface area contributed by atoms with Crippen LogP contribution in [0.4, 0.5) is 0 Å². The second kappa shape index (κ2) is 6.66. The molecule has 1 aromatic rings. The quantitative estimate of drug-likeness (QED) is 0.736. The Kier molecular flexibility index (Phi) is 5.14. The molecular weight excluding hydrogens is 278 g/mol. The molecule has 0 bridgehead atoms. The molecule has 114 valence electrons. The summed E-state index contributed by atoms with van der Waals surface area (Å²) < 4.78 is 28.6. The van der Waals surface area contributed by atoms with Crippen molar-refractivity contribution in [3.05, 3.63) is 12.4 Å². The molecule has 1 unspecified atom stereocenters. The van der Waals surface area contributed by atoms with Crippen molar-refractivity contribution in [2.45, 2.75) is 24.3 Å². The highest BCUT2D eigenvalue weighted by molar-refractivity contribution is 7.89. The van der Waals surface area contributed by atoms with E-state index in [2.05, 4.69) is 21.8 Å². The van der Waals surface area contributed by atoms with Crippen molar-refractivity contribution in [2.24, 2.45) is 11.7 Å². The lowest BCUT2D eigenvalue weighted by Crippen LogP contribution is -2.39. The van der Waals surface area contributed by atoms with E-state index in [1.807, 2.05) is 0 Å². The lowest BCUT2D eigenvalue weighted by atomic mass is 9.99. The summed E-state index contributed by atoms with van der Waals surface area (Å²) >= 11 is 0. The van der Waals surface area contributed by atoms with Gasteiger partial charge in [-0.05, 0) is 32.4 Å². The summed E-state index contributed by atoms with van der Waals surface area (Å²) in [5, 5.41) is 3.99. The van der Waals surface area contributed by atoms with E-state index in [1.54, 1.807) is 4.68 Å². The molecule has 8 heteroatoms. The van der Waals surface area contributed by atoms with Crippen molar-refractivity contribution < 1.29 is 8.42 Å². The molecule has 0 spiro atoms. The Morgan fingerprint density at radius 3 is 3.05 bits per heavy atom. The van der Waals surface area contributed by atoms with Gasteiger partial charge in [0.1, 0.15) is 4.90 Å². The van der Waals surface area contributed by atoms with E-state index >= 15 is 0 Å². The molecule has 0 radical (unpaired) electrons. The van der Waals surface area contributed by atoms with Gasteiger partial charge in [-0.3, -0.25) is 4.68 Å². The zero-order valence-electron chi connectivity index (χ0n) is 11.8. The van der Waals surface area contributed by atoms with Gasteiger partial charge in [0.15, 0.2) is 0 Å². The third-order valence-corrected chi connectivity index (χ3v) is 4.94. The molecule has 0 aliphatic carbocycles. The Bertz CT molecular complexity index is 528. The van der Waals surface area contributed by atoms with Crippen LogP contribution in [-0.4, -0.2) is 56.3 Å². The Labute approximate surface area is 120 Å². The molecule has 1 fully saturated rings. The van der Waals surface area contributed by atoms with Crippen LogP contribution in [0.25, 0.3) is 0 Å². The molecule has 1 aliphatic rings. The average Bonchev–Trinajstić information content (AvgIpc) is 2.87. The van der Waals surface area contributed by atoms with Crippen molar-refractivity contribution in [2.75, 3.05) is 33.2 Å². The molecule has 7 nitrogen and oxygen atoms in total. The number of sulfonamides is 1. The van der Waals surface area contributed by atoms with Crippen LogP contribution in [0.1, 0.15) is 12.8 Å². The molecule has 0 aromatic carbocycles. The number of aromatic nitrogens is 2. The van der Waals surface area contributed by atoms with E-state index in [9.17, 15) is 8.42 Å². The van der Waals surface area contributed by atoms with Gasteiger partial charge in [0.2, 0.25) is 10.0 Å². The van der Waals surface area contributed by atoms with Crippen LogP contribution in [0, 0.1) is 5.92 Å². The molecule has 1 atom stereocenters. The maximum absolute atomic E-state index is 12.2. The molecule has 1 saturated heterocycles. The molecule has 3 N–H and O–H groups in total. The summed E-state index contributed by atoms with van der Waals surface area (Å²) in [5.74, 6) is 0.377. The molecule has 1 aliphatic heterocycles. The SMILES string of the molecule is CN1CCCC(CNS(=O)(=O)c2cnn(CCN)c2)C1. The predicted molar refractivity (Wildman–Crippen MR) is 76.7 cm³/mol. The Hall–Kier alpha value is -0.960. The maximum Gasteiger partial charge on any atom is 0.243 e. The highest BCUT2D eigenvalue weighted by Gasteiger charge is 2.21. The van der Waals surface area contributed by atoms with Crippen molar-refractivity contribution in [1.29, 1.82) is 0 Å². The van der Waals surface area contributed by atoms with Gasteiger partial charge in [-0.1, -0.05) is 0 Å². The van der Waals surface area contributed by atoms with Crippen LogP contribution < -0.4 is 10.5 Å². The van der Waals surface area contributed by atoms with E-state index < -0.39 is 10.0 Å². The third-order valence-electron chi connectivity index (χ3n) is 3.56. The van der Waals surface area contributed by atoms with E-state index in [0.717, 1.165) is 25.9 Å². The minimum Gasteiger partial charge on any atom is -0.329 e. The van der Waals surface area contributed by atoms with Crippen LogP contribution in [0.2, 0.25) is 0 Å². The number of rotatable bonds is 6. The maximum atomic E-state index is 12.2. The summed E-state index contributed by atoms with van der Waals surface area (Å²) in [5.41, 5.74) is 5.42. The predicted octanol–water partition coefficient (Wildman–Crippen LogP) is -0.538. The Morgan fingerprint density at radius 1 is 1.55 bits per heavy atom. The van der Waals surface area contributed by atoms with Gasteiger partial charge in [0.25, 0.3) is 0 Å². The van der Waals surface area contributed by atoms with Gasteiger partial charge in [-0.25, -0.2) is 13.1 Å². The first-order valence-corrected chi connectivity index (χ1v) is 8.40. The van der Waals surface area contributed by atoms with Crippen molar-refractivity contribution >= 4 is 10.0 Å². The summed E-state index contributed by atoms with van der Waals surface area (Å²) in [7, 11) is -1.40. The van der Waals surface area contributed by atoms with Crippen LogP contribution in [-0.2, 0) is 16.6 Å². The second-order valence-corrected chi connectivity index (χ2v) is 7.12. The molecule has 1 aromatic heterocycles. The summed E-state index contributed by atoms with van der Waals surface area (Å²) in [4.78, 5) is 2.44. The highest BCUT2D eigenvalue weighted by Crippen LogP contribution is 2.15. The van der Waals surface area contributed by atoms with Crippen LogP contribution in [0.3, 0.4) is 0 Å². The monoisotopic (exact) mass is 301 g/mol. The van der Waals surface area contributed by atoms with Crippen molar-refractivity contribution in [1.82, 2.24) is 19.4 Å². The van der Waals surface area contributed by atoms with E-state index in [4.69, 9.17) is 5.73 Å². The molecule has 0 amide bonds. The first-order chi connectivity index (χ1) is 9.51. The zero-order chi connectivity index (χ0) is 14.6. The lowest BCUT2D eigenvalue weighted by molar-refractivity contribution is 0.211. The van der Waals surface area contributed by atoms with Gasteiger partial charge in [0.05, 0.1) is 12.7 Å². The topological polar surface area (TPSA) is 93.2 Å². The minimum absolute atomic E-state index is 0.204. The second-order valence-electron chi connectivity index (χ2n) is 5.35. The summed E-state index contributed by atoms with van der Waals surface area (Å²) in [6, 6.07) is 0. The fourth-order valence-corrected chi connectivity index (χ4v) is 3.56. The number of hydrogen-bond donors (Lipinski definition) is 2. The molecule has 2 heterocycles. The first-order valence-electron chi connectivity index (χ1n) is 6.92. The van der Waals surface area contributed by atoms with E-state index in [1.165, 1.54) is 12.4 Å². The third kappa shape index (κ3) is 4.02. The average molecular weight is 301 g/mol. The van der Waals surface area contributed by atoms with Crippen molar-refractivity contribution in [3.8, 4) is 0 Å². The normalized spacial score (nSPS) is 21.2. The number of nitrogens with zero attached hydrogens (tertiary/aromatic N) is 3. The number of hydrogen-bond acceptors (Lipinski definition) is 5. The van der Waals surface area contributed by atoms with Gasteiger partial charge in [0, 0.05) is 25.8 Å². The van der Waals surface area contributed by atoms with Crippen LogP contribution in [0.5, 0.6) is 0 Å². The fraction of sp³-hybridized carbons (Fsp3) is 0.750. The minimum atomic E-state index is -3.47. The summed E-state index contributed by atoms with van der Waals surface area (Å²) in [6.07, 6.45) is 5.07. The molecule has 2 rings (SSSR count). The highest BCUT2D eigenvalue weighted by atomic mass is 32.2. The number of nitrogens with two attached hydrogens (primary N) is 1. The Morgan fingerprint density at radius 2 is 2.35 bits per heavy atom. The molecule has 0 saturated carbocycles. The van der Waals surface area contributed by atoms with Crippen LogP contribution >= 0.6 is 0 Å². The summed E-state index contributed by atoms with van der Waals surface area (Å²) in [6.45, 7) is 3.46. The first kappa shape index (κ1) is 15.4. The zero-order valence-corrected chi connectivity index (χ0v) is 12.6. The van der Waals surface area contributed by atoms with Crippen LogP contribution in [0.15, 0.2) is 17.3 Å². The number of nitrogens with one attached hydrogen (secondary N) is 1. The van der Waals surface area contributed by atoms with E-state index in [0.29, 0.717) is 25.6 Å². The number of piperidine rings is 1. The standard InChI is InChI=1S/C12H23N5O2S/c1-16-5-2-3-11(9-16)7-15-20(18,19)12-8-14-17(10-12)6-4-13/h8,10-11,15H,2-7,9,13H2,1H3. The van der Waals surface area contributed by atoms with Gasteiger partial charge in [-0.15, -0.1) is 0 Å². The molecule has 20 heavy (non-hydrogen) atoms. The van der Waals surface area contributed by atoms with Gasteiger partial charge in [-0.2, -0.15) is 5.10 Å². The smallest absolute Gasteiger partial charge is 0.243 e. The van der Waals surface area contributed by atoms with Crippen molar-refractivity contribution in [3.63, 3.8) is 0 Å². The molecular formula is C12H23N5O2S. The van der Waals surface area contributed by atoms with Gasteiger partial charge >= 0.3 is 0 Å².